The van der Waals surface area contributed by atoms with Crippen LogP contribution < -0.4 is 0 Å². The number of halogens is 1. The van der Waals surface area contributed by atoms with Crippen LogP contribution in [0.5, 0.6) is 0 Å². The van der Waals surface area contributed by atoms with E-state index in [1.54, 1.807) is 0 Å². The summed E-state index contributed by atoms with van der Waals surface area (Å²) >= 11 is 11.5. The molecule has 30 heavy (non-hydrogen) atoms. The highest BCUT2D eigenvalue weighted by molar-refractivity contribution is 7.71. The molecular weight excluding hydrogens is 422 g/mol. The Hall–Kier alpha value is -2.33. The predicted molar refractivity (Wildman–Crippen MR) is 118 cm³/mol. The number of benzene rings is 1. The first-order valence-corrected chi connectivity index (χ1v) is 10.6. The number of hydrogen-bond donors (Lipinski definition) is 0. The van der Waals surface area contributed by atoms with Gasteiger partial charge in [-0.15, -0.1) is 6.58 Å². The molecule has 3 aromatic rings. The molecule has 2 aromatic heterocycles. The van der Waals surface area contributed by atoms with Crippen molar-refractivity contribution in [3.05, 3.63) is 58.4 Å². The summed E-state index contributed by atoms with van der Waals surface area (Å²) in [6.07, 6.45) is 1.84. The van der Waals surface area contributed by atoms with E-state index in [0.29, 0.717) is 36.5 Å². The van der Waals surface area contributed by atoms with E-state index in [4.69, 9.17) is 28.3 Å². The maximum Gasteiger partial charge on any atom is 0.241 e. The number of aromatic nitrogens is 5. The summed E-state index contributed by atoms with van der Waals surface area (Å²) < 4.78 is 10.1. The van der Waals surface area contributed by atoms with Gasteiger partial charge in [-0.05, 0) is 43.4 Å². The summed E-state index contributed by atoms with van der Waals surface area (Å²) in [5.41, 5.74) is 0.891. The third kappa shape index (κ3) is 4.70. The second kappa shape index (κ2) is 9.22. The lowest BCUT2D eigenvalue weighted by molar-refractivity contribution is 0.0907. The Morgan fingerprint density at radius 2 is 1.87 bits per heavy atom. The third-order valence-corrected chi connectivity index (χ3v) is 5.83. The molecule has 0 radical (unpaired) electrons. The maximum atomic E-state index is 5.94. The molecule has 0 spiro atoms. The van der Waals surface area contributed by atoms with Crippen LogP contribution in [-0.4, -0.2) is 60.5 Å². The van der Waals surface area contributed by atoms with Crippen molar-refractivity contribution in [3.8, 4) is 11.4 Å². The summed E-state index contributed by atoms with van der Waals surface area (Å²) in [4.78, 5) is 9.18. The molecule has 0 atom stereocenters. The normalized spacial score (nSPS) is 15.5. The molecule has 8 nitrogen and oxygen atoms in total. The van der Waals surface area contributed by atoms with Gasteiger partial charge in [-0.3, -0.25) is 9.80 Å². The molecule has 0 saturated carbocycles. The molecule has 1 aromatic carbocycles. The van der Waals surface area contributed by atoms with Crippen molar-refractivity contribution >= 4 is 23.8 Å². The van der Waals surface area contributed by atoms with Gasteiger partial charge in [0.25, 0.3) is 0 Å². The molecular formula is C20H24ClN7OS. The minimum absolute atomic E-state index is 0.583. The zero-order chi connectivity index (χ0) is 21.1. The average Bonchev–Trinajstić information content (AvgIpc) is 3.30. The first-order chi connectivity index (χ1) is 14.5. The second-order valence-corrected chi connectivity index (χ2v) is 8.08. The van der Waals surface area contributed by atoms with Gasteiger partial charge in [-0.25, -0.2) is 4.68 Å². The van der Waals surface area contributed by atoms with Crippen LogP contribution >= 0.6 is 23.8 Å². The van der Waals surface area contributed by atoms with Gasteiger partial charge in [0.15, 0.2) is 4.77 Å². The van der Waals surface area contributed by atoms with Crippen molar-refractivity contribution in [2.24, 2.45) is 0 Å². The van der Waals surface area contributed by atoms with Gasteiger partial charge in [0, 0.05) is 43.3 Å². The van der Waals surface area contributed by atoms with E-state index < -0.39 is 0 Å². The fourth-order valence-electron chi connectivity index (χ4n) is 3.49. The molecule has 0 bridgehead atoms. The van der Waals surface area contributed by atoms with Crippen LogP contribution in [-0.2, 0) is 19.8 Å². The Morgan fingerprint density at radius 3 is 2.57 bits per heavy atom. The monoisotopic (exact) mass is 445 g/mol. The molecule has 1 fully saturated rings. The SMILES string of the molecule is C=CCn1c(C)nn(CN2CCN(Cc3nc(-c4ccc(Cl)cc4)no3)CC2)c1=S. The van der Waals surface area contributed by atoms with Gasteiger partial charge in [-0.1, -0.05) is 22.8 Å². The zero-order valence-corrected chi connectivity index (χ0v) is 18.4. The first kappa shape index (κ1) is 20.9. The van der Waals surface area contributed by atoms with Crippen molar-refractivity contribution < 1.29 is 4.52 Å². The Kier molecular flexibility index (Phi) is 6.43. The smallest absolute Gasteiger partial charge is 0.241 e. The second-order valence-electron chi connectivity index (χ2n) is 7.28. The number of allylic oxidation sites excluding steroid dienone is 1. The van der Waals surface area contributed by atoms with E-state index in [1.807, 2.05) is 46.5 Å². The van der Waals surface area contributed by atoms with Crippen LogP contribution in [0.4, 0.5) is 0 Å². The standard InChI is InChI=1S/C20H24ClN7OS/c1-3-8-27-15(2)23-28(20(27)30)14-26-11-9-25(10-12-26)13-18-22-19(24-29-18)16-4-6-17(21)7-5-16/h3-7H,1,8-14H2,2H3. The third-order valence-electron chi connectivity index (χ3n) is 5.15. The lowest BCUT2D eigenvalue weighted by Gasteiger charge is -2.33. The van der Waals surface area contributed by atoms with Crippen LogP contribution in [0.3, 0.4) is 0 Å². The Morgan fingerprint density at radius 1 is 1.17 bits per heavy atom. The van der Waals surface area contributed by atoms with Crippen molar-refractivity contribution in [1.82, 2.24) is 34.3 Å². The van der Waals surface area contributed by atoms with Gasteiger partial charge >= 0.3 is 0 Å². The molecule has 10 heteroatoms. The molecule has 3 heterocycles. The number of aryl methyl sites for hydroxylation is 1. The van der Waals surface area contributed by atoms with Crippen LogP contribution in [0.1, 0.15) is 11.7 Å². The fourth-order valence-corrected chi connectivity index (χ4v) is 3.92. The first-order valence-electron chi connectivity index (χ1n) is 9.82. The molecule has 1 aliphatic rings. The number of rotatable bonds is 7. The Balaban J connectivity index is 1.31. The van der Waals surface area contributed by atoms with E-state index in [2.05, 4.69) is 31.6 Å². The van der Waals surface area contributed by atoms with Crippen LogP contribution in [0.15, 0.2) is 41.4 Å². The predicted octanol–water partition coefficient (Wildman–Crippen LogP) is 3.39. The van der Waals surface area contributed by atoms with Crippen molar-refractivity contribution in [2.75, 3.05) is 26.2 Å². The van der Waals surface area contributed by atoms with E-state index in [-0.39, 0.29) is 0 Å². The van der Waals surface area contributed by atoms with Gasteiger partial charge in [0.2, 0.25) is 11.7 Å². The van der Waals surface area contributed by atoms with E-state index >= 15 is 0 Å². The topological polar surface area (TPSA) is 68.2 Å². The molecule has 0 aliphatic carbocycles. The maximum absolute atomic E-state index is 5.94. The number of piperazine rings is 1. The van der Waals surface area contributed by atoms with E-state index in [1.165, 1.54) is 0 Å². The fraction of sp³-hybridized carbons (Fsp3) is 0.400. The molecule has 0 N–H and O–H groups in total. The minimum atomic E-state index is 0.583. The average molecular weight is 446 g/mol. The van der Waals surface area contributed by atoms with Gasteiger partial charge < -0.3 is 9.09 Å². The highest BCUT2D eigenvalue weighted by Gasteiger charge is 2.20. The number of hydrogen-bond acceptors (Lipinski definition) is 7. The quantitative estimate of drug-likeness (QED) is 0.408. The van der Waals surface area contributed by atoms with Crippen molar-refractivity contribution in [3.63, 3.8) is 0 Å². The lowest BCUT2D eigenvalue weighted by Crippen LogP contribution is -2.46. The highest BCUT2D eigenvalue weighted by atomic mass is 35.5. The number of nitrogens with zero attached hydrogens (tertiary/aromatic N) is 7. The zero-order valence-electron chi connectivity index (χ0n) is 16.9. The lowest BCUT2D eigenvalue weighted by atomic mass is 10.2. The van der Waals surface area contributed by atoms with Crippen LogP contribution in [0, 0.1) is 11.7 Å². The molecule has 1 saturated heterocycles. The van der Waals surface area contributed by atoms with E-state index in [9.17, 15) is 0 Å². The molecule has 4 rings (SSSR count). The minimum Gasteiger partial charge on any atom is -0.338 e. The largest absolute Gasteiger partial charge is 0.338 e. The van der Waals surface area contributed by atoms with Gasteiger partial charge in [0.1, 0.15) is 5.82 Å². The molecule has 0 amide bonds. The van der Waals surface area contributed by atoms with Gasteiger partial charge in [0.05, 0.1) is 13.2 Å². The summed E-state index contributed by atoms with van der Waals surface area (Å²) in [5, 5.41) is 9.35. The van der Waals surface area contributed by atoms with Crippen LogP contribution in [0.2, 0.25) is 5.02 Å². The van der Waals surface area contributed by atoms with Crippen molar-refractivity contribution in [1.29, 1.82) is 0 Å². The van der Waals surface area contributed by atoms with E-state index in [0.717, 1.165) is 42.3 Å². The summed E-state index contributed by atoms with van der Waals surface area (Å²) in [7, 11) is 0. The summed E-state index contributed by atoms with van der Waals surface area (Å²) in [6, 6.07) is 7.42. The van der Waals surface area contributed by atoms with Crippen molar-refractivity contribution in [2.45, 2.75) is 26.7 Å². The Bertz CT molecular complexity index is 1060. The van der Waals surface area contributed by atoms with Gasteiger partial charge in [-0.2, -0.15) is 10.1 Å². The molecule has 158 valence electrons. The Labute approximate surface area is 185 Å². The molecule has 1 aliphatic heterocycles. The highest BCUT2D eigenvalue weighted by Crippen LogP contribution is 2.19. The summed E-state index contributed by atoms with van der Waals surface area (Å²) in [5.74, 6) is 2.11. The van der Waals surface area contributed by atoms with Crippen LogP contribution in [0.25, 0.3) is 11.4 Å². The molecule has 0 unspecified atom stereocenters. The summed E-state index contributed by atoms with van der Waals surface area (Å²) in [6.45, 7) is 11.4.